The summed E-state index contributed by atoms with van der Waals surface area (Å²) in [6.07, 6.45) is 6.55. The van der Waals surface area contributed by atoms with Crippen LogP contribution in [0.25, 0.3) is 5.70 Å². The van der Waals surface area contributed by atoms with Crippen molar-refractivity contribution in [2.45, 2.75) is 33.7 Å². The van der Waals surface area contributed by atoms with Crippen LogP contribution in [0.15, 0.2) is 59.6 Å². The third-order valence-electron chi connectivity index (χ3n) is 5.15. The monoisotopic (exact) mass is 456 g/mol. The fourth-order valence-electron chi connectivity index (χ4n) is 3.28. The number of allylic oxidation sites excluding steroid dienone is 2. The van der Waals surface area contributed by atoms with Gasteiger partial charge in [-0.3, -0.25) is 14.8 Å². The molecule has 0 spiro atoms. The molecule has 0 radical (unpaired) electrons. The molecule has 0 aliphatic carbocycles. The first-order chi connectivity index (χ1) is 15.3. The standard InChI is InChI=1S/C24H23ClF2N4O/c1-5-19-16(9-17(25)11-29-19)10-28-20-8-7-18(26)23(24(20)27)21-13-31(6-2)22(12-30-21)14(3)15(4)32/h6-9,11-13,28H,2,5,10H2,1,3-4H3/b22-14+. The van der Waals surface area contributed by atoms with Crippen molar-refractivity contribution < 1.29 is 13.6 Å². The molecule has 1 aromatic heterocycles. The normalized spacial score (nSPS) is 14.8. The Morgan fingerprint density at radius 3 is 2.72 bits per heavy atom. The summed E-state index contributed by atoms with van der Waals surface area (Å²) in [7, 11) is 0. The van der Waals surface area contributed by atoms with Crippen LogP contribution in [-0.2, 0) is 17.8 Å². The fraction of sp³-hybridized carbons (Fsp3) is 0.208. The summed E-state index contributed by atoms with van der Waals surface area (Å²) in [6, 6.07) is 4.28. The minimum absolute atomic E-state index is 0.0716. The zero-order valence-corrected chi connectivity index (χ0v) is 18.8. The SMILES string of the molecule is C=CN1C=C(c2c(F)ccc(NCc3cc(Cl)cnc3CC)c2F)N=C/C1=C(/C)C(C)=O. The van der Waals surface area contributed by atoms with Gasteiger partial charge in [-0.25, -0.2) is 8.78 Å². The number of pyridine rings is 1. The van der Waals surface area contributed by atoms with Crippen molar-refractivity contribution in [3.63, 3.8) is 0 Å². The molecule has 0 bridgehead atoms. The molecule has 0 fully saturated rings. The van der Waals surface area contributed by atoms with E-state index in [2.05, 4.69) is 21.9 Å². The van der Waals surface area contributed by atoms with Gasteiger partial charge in [0, 0.05) is 36.4 Å². The van der Waals surface area contributed by atoms with Crippen molar-refractivity contribution in [1.29, 1.82) is 0 Å². The number of halogens is 3. The topological polar surface area (TPSA) is 57.6 Å². The highest BCUT2D eigenvalue weighted by Gasteiger charge is 2.22. The Morgan fingerprint density at radius 2 is 2.06 bits per heavy atom. The molecule has 8 heteroatoms. The fourth-order valence-corrected chi connectivity index (χ4v) is 3.46. The van der Waals surface area contributed by atoms with E-state index in [4.69, 9.17) is 11.6 Å². The third kappa shape index (κ3) is 4.78. The molecule has 32 heavy (non-hydrogen) atoms. The van der Waals surface area contributed by atoms with Crippen molar-refractivity contribution in [3.05, 3.63) is 88.1 Å². The summed E-state index contributed by atoms with van der Waals surface area (Å²) in [5.41, 5.74) is 2.53. The van der Waals surface area contributed by atoms with Gasteiger partial charge in [-0.15, -0.1) is 0 Å². The van der Waals surface area contributed by atoms with E-state index in [0.29, 0.717) is 22.7 Å². The zero-order valence-electron chi connectivity index (χ0n) is 18.0. The molecule has 5 nitrogen and oxygen atoms in total. The Morgan fingerprint density at radius 1 is 1.31 bits per heavy atom. The van der Waals surface area contributed by atoms with Crippen LogP contribution in [-0.4, -0.2) is 21.9 Å². The number of Topliss-reactive ketones (excluding diaryl/α,β-unsaturated/α-hetero) is 1. The van der Waals surface area contributed by atoms with Crippen LogP contribution in [0.2, 0.25) is 5.02 Å². The average molecular weight is 457 g/mol. The van der Waals surface area contributed by atoms with Gasteiger partial charge in [0.2, 0.25) is 0 Å². The van der Waals surface area contributed by atoms with Crippen molar-refractivity contribution in [2.24, 2.45) is 4.99 Å². The summed E-state index contributed by atoms with van der Waals surface area (Å²) >= 11 is 6.04. The highest BCUT2D eigenvalue weighted by molar-refractivity contribution is 6.30. The van der Waals surface area contributed by atoms with E-state index in [1.165, 1.54) is 42.6 Å². The smallest absolute Gasteiger partial charge is 0.158 e. The van der Waals surface area contributed by atoms with Gasteiger partial charge in [0.15, 0.2) is 11.6 Å². The van der Waals surface area contributed by atoms with Gasteiger partial charge in [0.25, 0.3) is 0 Å². The Bertz CT molecular complexity index is 1170. The number of rotatable bonds is 7. The van der Waals surface area contributed by atoms with Gasteiger partial charge >= 0.3 is 0 Å². The summed E-state index contributed by atoms with van der Waals surface area (Å²) < 4.78 is 30.0. The number of nitrogens with one attached hydrogen (secondary N) is 1. The summed E-state index contributed by atoms with van der Waals surface area (Å²) in [4.78, 5) is 21.7. The van der Waals surface area contributed by atoms with Crippen molar-refractivity contribution >= 4 is 35.0 Å². The van der Waals surface area contributed by atoms with E-state index >= 15 is 4.39 Å². The number of nitrogens with zero attached hydrogens (tertiary/aromatic N) is 3. The highest BCUT2D eigenvalue weighted by atomic mass is 35.5. The second-order valence-corrected chi connectivity index (χ2v) is 7.62. The predicted molar refractivity (Wildman–Crippen MR) is 124 cm³/mol. The van der Waals surface area contributed by atoms with Crippen molar-refractivity contribution in [1.82, 2.24) is 9.88 Å². The lowest BCUT2D eigenvalue weighted by Crippen LogP contribution is -2.18. The van der Waals surface area contributed by atoms with Gasteiger partial charge in [0.1, 0.15) is 5.82 Å². The third-order valence-corrected chi connectivity index (χ3v) is 5.36. The molecule has 1 aliphatic rings. The van der Waals surface area contributed by atoms with E-state index in [9.17, 15) is 9.18 Å². The minimum Gasteiger partial charge on any atom is -0.379 e. The van der Waals surface area contributed by atoms with Gasteiger partial charge in [0.05, 0.1) is 33.9 Å². The Kier molecular flexibility index (Phi) is 7.20. The quantitative estimate of drug-likeness (QED) is 0.528. The maximum Gasteiger partial charge on any atom is 0.158 e. The van der Waals surface area contributed by atoms with Crippen molar-refractivity contribution in [2.75, 3.05) is 5.32 Å². The predicted octanol–water partition coefficient (Wildman–Crippen LogP) is 5.88. The lowest BCUT2D eigenvalue weighted by molar-refractivity contribution is -0.113. The number of carbonyl (C=O) groups excluding carboxylic acids is 1. The van der Waals surface area contributed by atoms with Gasteiger partial charge in [-0.2, -0.15) is 0 Å². The van der Waals surface area contributed by atoms with E-state index < -0.39 is 11.6 Å². The maximum absolute atomic E-state index is 15.3. The number of benzene rings is 1. The van der Waals surface area contributed by atoms with E-state index in [1.807, 2.05) is 6.92 Å². The molecule has 1 aliphatic heterocycles. The number of aromatic nitrogens is 1. The lowest BCUT2D eigenvalue weighted by atomic mass is 10.1. The molecule has 2 aromatic rings. The summed E-state index contributed by atoms with van der Waals surface area (Å²) in [5, 5.41) is 3.48. The van der Waals surface area contributed by atoms with Crippen LogP contribution in [0.3, 0.4) is 0 Å². The van der Waals surface area contributed by atoms with Gasteiger partial charge in [-0.1, -0.05) is 25.1 Å². The molecule has 3 rings (SSSR count). The summed E-state index contributed by atoms with van der Waals surface area (Å²) in [6.45, 7) is 9.03. The number of aryl methyl sites for hydroxylation is 1. The first-order valence-corrected chi connectivity index (χ1v) is 10.4. The molecule has 166 valence electrons. The zero-order chi connectivity index (χ0) is 23.4. The van der Waals surface area contributed by atoms with Crippen LogP contribution in [0.5, 0.6) is 0 Å². The number of hydrogen-bond acceptors (Lipinski definition) is 5. The van der Waals surface area contributed by atoms with Crippen LogP contribution in [0.1, 0.15) is 37.6 Å². The molecule has 0 saturated heterocycles. The Labute approximate surface area is 190 Å². The largest absolute Gasteiger partial charge is 0.379 e. The second-order valence-electron chi connectivity index (χ2n) is 7.18. The highest BCUT2D eigenvalue weighted by Crippen LogP contribution is 2.31. The van der Waals surface area contributed by atoms with Crippen LogP contribution in [0.4, 0.5) is 14.5 Å². The number of anilines is 1. The summed E-state index contributed by atoms with van der Waals surface area (Å²) in [5.74, 6) is -1.67. The number of hydrogen-bond donors (Lipinski definition) is 1. The molecule has 1 aromatic carbocycles. The molecular weight excluding hydrogens is 434 g/mol. The maximum atomic E-state index is 15.3. The molecule has 0 unspecified atom stereocenters. The molecule has 0 amide bonds. The lowest BCUT2D eigenvalue weighted by Gasteiger charge is -2.23. The van der Waals surface area contributed by atoms with Crippen LogP contribution in [0, 0.1) is 11.6 Å². The van der Waals surface area contributed by atoms with E-state index in [-0.39, 0.29) is 29.3 Å². The average Bonchev–Trinajstić information content (AvgIpc) is 2.78. The molecule has 1 N–H and O–H groups in total. The second kappa shape index (κ2) is 9.87. The van der Waals surface area contributed by atoms with Crippen LogP contribution < -0.4 is 5.32 Å². The molecular formula is C24H23ClF2N4O. The van der Waals surface area contributed by atoms with Gasteiger partial charge < -0.3 is 10.2 Å². The number of carbonyl (C=O) groups is 1. The Balaban J connectivity index is 1.95. The first kappa shape index (κ1) is 23.3. The van der Waals surface area contributed by atoms with Crippen LogP contribution >= 0.6 is 11.6 Å². The number of aliphatic imine (C=N–C) groups is 1. The molecule has 2 heterocycles. The van der Waals surface area contributed by atoms with Crippen molar-refractivity contribution in [3.8, 4) is 0 Å². The Hall–Kier alpha value is -3.32. The molecule has 0 atom stereocenters. The van der Waals surface area contributed by atoms with E-state index in [1.54, 1.807) is 19.2 Å². The minimum atomic E-state index is -0.777. The first-order valence-electron chi connectivity index (χ1n) is 10.0. The molecule has 0 saturated carbocycles. The number of ketones is 1. The van der Waals surface area contributed by atoms with Gasteiger partial charge in [-0.05, 0) is 44.0 Å². The van der Waals surface area contributed by atoms with E-state index in [0.717, 1.165) is 11.3 Å².